The molecular weight excluding hydrogens is 256 g/mol. The number of nitrogens with one attached hydrogen (secondary N) is 1. The number of hydrogen-bond acceptors (Lipinski definition) is 3. The molecule has 1 amide bonds. The van der Waals surface area contributed by atoms with Crippen molar-refractivity contribution < 1.29 is 4.79 Å². The van der Waals surface area contributed by atoms with E-state index < -0.39 is 0 Å². The number of hydrogen-bond donors (Lipinski definition) is 1. The normalized spacial score (nSPS) is 24.8. The molecule has 1 heterocycles. The Balaban J connectivity index is 2.15. The van der Waals surface area contributed by atoms with Gasteiger partial charge in [-0.1, -0.05) is 44.2 Å². The summed E-state index contributed by atoms with van der Waals surface area (Å²) in [7, 11) is 0. The molecule has 3 unspecified atom stereocenters. The maximum atomic E-state index is 12.6. The van der Waals surface area contributed by atoms with Crippen LogP contribution in [0.3, 0.4) is 0 Å². The Morgan fingerprint density at radius 2 is 2.05 bits per heavy atom. The summed E-state index contributed by atoms with van der Waals surface area (Å²) in [6.07, 6.45) is 3.19. The zero-order valence-corrected chi connectivity index (χ0v) is 12.6. The predicted octanol–water partition coefficient (Wildman–Crippen LogP) is 2.65. The number of carbonyl (C=O) groups excluding carboxylic acids is 1. The Labute approximate surface area is 119 Å². The summed E-state index contributed by atoms with van der Waals surface area (Å²) in [6.45, 7) is 5.10. The van der Waals surface area contributed by atoms with Gasteiger partial charge in [0.1, 0.15) is 6.04 Å². The molecule has 2 rings (SSSR count). The quantitative estimate of drug-likeness (QED) is 0.898. The topological polar surface area (TPSA) is 32.3 Å². The van der Waals surface area contributed by atoms with Crippen LogP contribution in [0.15, 0.2) is 30.3 Å². The van der Waals surface area contributed by atoms with Crippen molar-refractivity contribution in [3.05, 3.63) is 35.9 Å². The molecule has 1 aromatic carbocycles. The molecule has 19 heavy (non-hydrogen) atoms. The number of carbonyl (C=O) groups is 1. The highest BCUT2D eigenvalue weighted by atomic mass is 32.2. The summed E-state index contributed by atoms with van der Waals surface area (Å²) in [4.78, 5) is 14.6. The van der Waals surface area contributed by atoms with Gasteiger partial charge in [0.2, 0.25) is 5.91 Å². The second-order valence-electron chi connectivity index (χ2n) is 4.97. The van der Waals surface area contributed by atoms with Crippen molar-refractivity contribution in [3.8, 4) is 0 Å². The van der Waals surface area contributed by atoms with Crippen molar-refractivity contribution in [1.29, 1.82) is 0 Å². The lowest BCUT2D eigenvalue weighted by atomic mass is 10.1. The van der Waals surface area contributed by atoms with Crippen molar-refractivity contribution >= 4 is 17.7 Å². The SMILES string of the molecule is CCC1NC(c2ccccc2)C(=O)N1CC(C)SC. The van der Waals surface area contributed by atoms with Gasteiger partial charge in [-0.25, -0.2) is 0 Å². The van der Waals surface area contributed by atoms with E-state index in [4.69, 9.17) is 0 Å². The third kappa shape index (κ3) is 3.12. The Bertz CT molecular complexity index is 423. The molecule has 104 valence electrons. The minimum Gasteiger partial charge on any atom is -0.324 e. The summed E-state index contributed by atoms with van der Waals surface area (Å²) >= 11 is 1.80. The molecule has 1 N–H and O–H groups in total. The van der Waals surface area contributed by atoms with E-state index in [0.29, 0.717) is 5.25 Å². The van der Waals surface area contributed by atoms with Crippen LogP contribution in [0, 0.1) is 0 Å². The zero-order valence-electron chi connectivity index (χ0n) is 11.8. The standard InChI is InChI=1S/C15H22N2OS/c1-4-13-16-14(12-8-6-5-7-9-12)15(18)17(13)10-11(2)19-3/h5-9,11,13-14,16H,4,10H2,1-3H3. The first-order chi connectivity index (χ1) is 9.17. The molecule has 3 nitrogen and oxygen atoms in total. The Kier molecular flexibility index (Phi) is 4.88. The third-order valence-electron chi connectivity index (χ3n) is 3.64. The lowest BCUT2D eigenvalue weighted by Crippen LogP contribution is -2.40. The summed E-state index contributed by atoms with van der Waals surface area (Å²) in [5, 5.41) is 3.92. The van der Waals surface area contributed by atoms with Gasteiger partial charge in [0.05, 0.1) is 6.17 Å². The molecule has 0 spiro atoms. The van der Waals surface area contributed by atoms with Crippen LogP contribution in [0.4, 0.5) is 0 Å². The lowest BCUT2D eigenvalue weighted by molar-refractivity contribution is -0.130. The van der Waals surface area contributed by atoms with Crippen LogP contribution in [0.2, 0.25) is 0 Å². The number of thioether (sulfide) groups is 1. The van der Waals surface area contributed by atoms with Crippen LogP contribution < -0.4 is 5.32 Å². The summed E-state index contributed by atoms with van der Waals surface area (Å²) in [6, 6.07) is 9.80. The molecule has 3 atom stereocenters. The minimum absolute atomic E-state index is 0.160. The number of benzene rings is 1. The molecule has 0 aromatic heterocycles. The van der Waals surface area contributed by atoms with Gasteiger partial charge in [-0.15, -0.1) is 0 Å². The molecule has 0 radical (unpaired) electrons. The first-order valence-electron chi connectivity index (χ1n) is 6.81. The first kappa shape index (κ1) is 14.4. The van der Waals surface area contributed by atoms with Gasteiger partial charge in [-0.3, -0.25) is 10.1 Å². The third-order valence-corrected chi connectivity index (χ3v) is 4.59. The fraction of sp³-hybridized carbons (Fsp3) is 0.533. The van der Waals surface area contributed by atoms with E-state index in [2.05, 4.69) is 25.4 Å². The second kappa shape index (κ2) is 6.44. The highest BCUT2D eigenvalue weighted by Gasteiger charge is 2.38. The van der Waals surface area contributed by atoms with Gasteiger partial charge < -0.3 is 4.90 Å². The number of nitrogens with zero attached hydrogens (tertiary/aromatic N) is 1. The highest BCUT2D eigenvalue weighted by Crippen LogP contribution is 2.26. The summed E-state index contributed by atoms with van der Waals surface area (Å²) in [5.74, 6) is 0.207. The van der Waals surface area contributed by atoms with E-state index in [1.54, 1.807) is 11.8 Å². The van der Waals surface area contributed by atoms with Crippen LogP contribution >= 0.6 is 11.8 Å². The lowest BCUT2D eigenvalue weighted by Gasteiger charge is -2.25. The molecule has 1 aliphatic heterocycles. The van der Waals surface area contributed by atoms with Crippen LogP contribution in [-0.2, 0) is 4.79 Å². The maximum absolute atomic E-state index is 12.6. The van der Waals surface area contributed by atoms with E-state index in [1.165, 1.54) is 0 Å². The molecule has 0 aliphatic carbocycles. The Hall–Kier alpha value is -1.00. The second-order valence-corrected chi connectivity index (χ2v) is 6.25. The fourth-order valence-corrected chi connectivity index (χ4v) is 2.77. The van der Waals surface area contributed by atoms with Gasteiger partial charge in [0.25, 0.3) is 0 Å². The van der Waals surface area contributed by atoms with Crippen LogP contribution in [0.1, 0.15) is 31.9 Å². The van der Waals surface area contributed by atoms with Gasteiger partial charge in [-0.05, 0) is 18.2 Å². The molecular formula is C15H22N2OS. The molecule has 1 aliphatic rings. The Morgan fingerprint density at radius 1 is 1.37 bits per heavy atom. The Morgan fingerprint density at radius 3 is 2.63 bits per heavy atom. The van der Waals surface area contributed by atoms with E-state index >= 15 is 0 Å². The molecule has 1 fully saturated rings. The van der Waals surface area contributed by atoms with Crippen molar-refractivity contribution in [2.45, 2.75) is 37.7 Å². The van der Waals surface area contributed by atoms with E-state index in [1.807, 2.05) is 35.2 Å². The van der Waals surface area contributed by atoms with Gasteiger partial charge in [-0.2, -0.15) is 11.8 Å². The first-order valence-corrected chi connectivity index (χ1v) is 8.10. The smallest absolute Gasteiger partial charge is 0.245 e. The highest BCUT2D eigenvalue weighted by molar-refractivity contribution is 7.99. The van der Waals surface area contributed by atoms with E-state index in [9.17, 15) is 4.79 Å². The van der Waals surface area contributed by atoms with Crippen LogP contribution in [0.25, 0.3) is 0 Å². The molecule has 4 heteroatoms. The average molecular weight is 278 g/mol. The molecule has 1 aromatic rings. The summed E-state index contributed by atoms with van der Waals surface area (Å²) in [5.41, 5.74) is 1.06. The number of amides is 1. The molecule has 0 saturated carbocycles. The van der Waals surface area contributed by atoms with Crippen molar-refractivity contribution in [1.82, 2.24) is 10.2 Å². The largest absolute Gasteiger partial charge is 0.324 e. The van der Waals surface area contributed by atoms with Gasteiger partial charge in [0, 0.05) is 11.8 Å². The monoisotopic (exact) mass is 278 g/mol. The average Bonchev–Trinajstić information content (AvgIpc) is 2.76. The van der Waals surface area contributed by atoms with Crippen molar-refractivity contribution in [3.63, 3.8) is 0 Å². The van der Waals surface area contributed by atoms with Crippen molar-refractivity contribution in [2.75, 3.05) is 12.8 Å². The zero-order chi connectivity index (χ0) is 13.8. The maximum Gasteiger partial charge on any atom is 0.245 e. The predicted molar refractivity (Wildman–Crippen MR) is 81.1 cm³/mol. The fourth-order valence-electron chi connectivity index (χ4n) is 2.46. The van der Waals surface area contributed by atoms with Gasteiger partial charge >= 0.3 is 0 Å². The van der Waals surface area contributed by atoms with E-state index in [0.717, 1.165) is 18.5 Å². The van der Waals surface area contributed by atoms with Crippen LogP contribution in [-0.4, -0.2) is 35.0 Å². The molecule has 1 saturated heterocycles. The van der Waals surface area contributed by atoms with Crippen molar-refractivity contribution in [2.24, 2.45) is 0 Å². The minimum atomic E-state index is -0.180. The van der Waals surface area contributed by atoms with Crippen LogP contribution in [0.5, 0.6) is 0 Å². The summed E-state index contributed by atoms with van der Waals surface area (Å²) < 4.78 is 0. The van der Waals surface area contributed by atoms with Gasteiger partial charge in [0.15, 0.2) is 0 Å². The van der Waals surface area contributed by atoms with E-state index in [-0.39, 0.29) is 18.1 Å². The molecule has 0 bridgehead atoms. The number of rotatable bonds is 5.